The molecule has 6 heteroatoms. The zero-order chi connectivity index (χ0) is 19.9. The molecule has 0 saturated carbocycles. The lowest BCUT2D eigenvalue weighted by Gasteiger charge is -2.22. The minimum Gasteiger partial charge on any atom is -0.423 e. The maximum Gasteiger partial charge on any atom is 0.336 e. The lowest BCUT2D eigenvalue weighted by molar-refractivity contribution is -0.131. The van der Waals surface area contributed by atoms with Gasteiger partial charge in [0.15, 0.2) is 0 Å². The van der Waals surface area contributed by atoms with Crippen LogP contribution in [0.25, 0.3) is 11.0 Å². The number of hydrogen-bond donors (Lipinski definition) is 1. The van der Waals surface area contributed by atoms with E-state index in [-0.39, 0.29) is 12.5 Å². The summed E-state index contributed by atoms with van der Waals surface area (Å²) in [7, 11) is 0. The smallest absolute Gasteiger partial charge is 0.336 e. The van der Waals surface area contributed by atoms with Gasteiger partial charge in [0.25, 0.3) is 5.91 Å². The Balaban J connectivity index is 1.95. The summed E-state index contributed by atoms with van der Waals surface area (Å²) in [5.74, 6) is 0.188. The molecule has 1 aromatic carbocycles. The molecule has 2 heterocycles. The van der Waals surface area contributed by atoms with Crippen LogP contribution in [0.4, 0.5) is 4.79 Å². The van der Waals surface area contributed by atoms with E-state index >= 15 is 0 Å². The van der Waals surface area contributed by atoms with Crippen LogP contribution < -0.4 is 10.9 Å². The number of carbonyl (C=O) groups is 2. The van der Waals surface area contributed by atoms with Crippen molar-refractivity contribution in [3.05, 3.63) is 45.3 Å². The second-order valence-corrected chi connectivity index (χ2v) is 8.11. The fourth-order valence-electron chi connectivity index (χ4n) is 3.42. The number of aryl methyl sites for hydroxylation is 2. The van der Waals surface area contributed by atoms with Crippen molar-refractivity contribution in [2.24, 2.45) is 5.92 Å². The largest absolute Gasteiger partial charge is 0.423 e. The van der Waals surface area contributed by atoms with Gasteiger partial charge in [-0.15, -0.1) is 0 Å². The molecular formula is C21H26N2O4. The normalized spacial score (nSPS) is 20.0. The zero-order valence-corrected chi connectivity index (χ0v) is 16.5. The fourth-order valence-corrected chi connectivity index (χ4v) is 3.42. The Kier molecular flexibility index (Phi) is 4.84. The molecule has 0 spiro atoms. The van der Waals surface area contributed by atoms with Crippen molar-refractivity contribution in [1.29, 1.82) is 0 Å². The lowest BCUT2D eigenvalue weighted by atomic mass is 9.92. The summed E-state index contributed by atoms with van der Waals surface area (Å²) in [6.07, 6.45) is 1.43. The van der Waals surface area contributed by atoms with Crippen LogP contribution in [0.1, 0.15) is 50.3 Å². The van der Waals surface area contributed by atoms with Crippen molar-refractivity contribution in [1.82, 2.24) is 10.2 Å². The number of rotatable bonds is 5. The maximum absolute atomic E-state index is 12.9. The molecule has 0 aliphatic carbocycles. The molecule has 1 N–H and O–H groups in total. The van der Waals surface area contributed by atoms with E-state index in [1.54, 1.807) is 6.92 Å². The Bertz CT molecular complexity index is 976. The highest BCUT2D eigenvalue weighted by Crippen LogP contribution is 2.28. The van der Waals surface area contributed by atoms with Crippen molar-refractivity contribution in [3.63, 3.8) is 0 Å². The average Bonchev–Trinajstić information content (AvgIpc) is 2.78. The average molecular weight is 370 g/mol. The summed E-state index contributed by atoms with van der Waals surface area (Å²) in [6, 6.07) is 4.69. The van der Waals surface area contributed by atoms with Gasteiger partial charge < -0.3 is 9.73 Å². The van der Waals surface area contributed by atoms with E-state index in [1.165, 1.54) is 11.0 Å². The molecule has 0 radical (unpaired) electrons. The number of carbonyl (C=O) groups excluding carboxylic acids is 2. The van der Waals surface area contributed by atoms with Gasteiger partial charge in [0, 0.05) is 11.5 Å². The molecule has 1 unspecified atom stereocenters. The van der Waals surface area contributed by atoms with Gasteiger partial charge in [-0.2, -0.15) is 0 Å². The van der Waals surface area contributed by atoms with E-state index in [9.17, 15) is 14.4 Å². The number of imide groups is 1. The van der Waals surface area contributed by atoms with Crippen LogP contribution in [0.5, 0.6) is 0 Å². The Morgan fingerprint density at radius 3 is 2.44 bits per heavy atom. The van der Waals surface area contributed by atoms with Crippen molar-refractivity contribution in [3.8, 4) is 0 Å². The number of fused-ring (bicyclic) bond motifs is 1. The predicted molar refractivity (Wildman–Crippen MR) is 104 cm³/mol. The van der Waals surface area contributed by atoms with Crippen molar-refractivity contribution in [2.45, 2.75) is 59.5 Å². The molecule has 144 valence electrons. The van der Waals surface area contributed by atoms with Gasteiger partial charge in [0.2, 0.25) is 0 Å². The molecule has 1 saturated heterocycles. The first kappa shape index (κ1) is 19.1. The molecule has 1 aliphatic heterocycles. The standard InChI is InChI=1S/C21H26N2O4/c1-12(2)6-7-21(5)19(25)23(20(26)22-21)11-15-10-18(24)27-17-9-14(4)13(3)8-16(15)17/h8-10,12H,6-7,11H2,1-5H3,(H,22,26). The van der Waals surface area contributed by atoms with E-state index in [0.29, 0.717) is 23.5 Å². The van der Waals surface area contributed by atoms with Gasteiger partial charge in [0.05, 0.1) is 6.54 Å². The number of amides is 3. The summed E-state index contributed by atoms with van der Waals surface area (Å²) in [6.45, 7) is 9.90. The summed E-state index contributed by atoms with van der Waals surface area (Å²) in [5.41, 5.74) is 1.76. The third kappa shape index (κ3) is 3.61. The lowest BCUT2D eigenvalue weighted by Crippen LogP contribution is -2.44. The molecular weight excluding hydrogens is 344 g/mol. The molecule has 0 bridgehead atoms. The molecule has 1 fully saturated rings. The van der Waals surface area contributed by atoms with Gasteiger partial charge in [-0.1, -0.05) is 13.8 Å². The first-order valence-corrected chi connectivity index (χ1v) is 9.29. The number of hydrogen-bond acceptors (Lipinski definition) is 4. The summed E-state index contributed by atoms with van der Waals surface area (Å²) in [5, 5.41) is 3.57. The van der Waals surface area contributed by atoms with Gasteiger partial charge in [-0.3, -0.25) is 9.69 Å². The van der Waals surface area contributed by atoms with Gasteiger partial charge in [0.1, 0.15) is 11.1 Å². The molecule has 2 aromatic rings. The zero-order valence-electron chi connectivity index (χ0n) is 16.5. The third-order valence-electron chi connectivity index (χ3n) is 5.34. The Labute approximate surface area is 158 Å². The summed E-state index contributed by atoms with van der Waals surface area (Å²) in [4.78, 5) is 38.6. The fraction of sp³-hybridized carbons (Fsp3) is 0.476. The first-order chi connectivity index (χ1) is 12.6. The van der Waals surface area contributed by atoms with Gasteiger partial charge >= 0.3 is 11.7 Å². The van der Waals surface area contributed by atoms with Gasteiger partial charge in [-0.25, -0.2) is 9.59 Å². The second-order valence-electron chi connectivity index (χ2n) is 8.11. The highest BCUT2D eigenvalue weighted by molar-refractivity contribution is 6.06. The highest BCUT2D eigenvalue weighted by Gasteiger charge is 2.47. The molecule has 6 nitrogen and oxygen atoms in total. The minimum absolute atomic E-state index is 0.0482. The van der Waals surface area contributed by atoms with E-state index in [2.05, 4.69) is 19.2 Å². The topological polar surface area (TPSA) is 79.6 Å². The third-order valence-corrected chi connectivity index (χ3v) is 5.34. The van der Waals surface area contributed by atoms with Crippen molar-refractivity contribution >= 4 is 22.9 Å². The number of nitrogens with one attached hydrogen (secondary N) is 1. The SMILES string of the molecule is Cc1cc2oc(=O)cc(CN3C(=O)NC(C)(CCC(C)C)C3=O)c2cc1C. The van der Waals surface area contributed by atoms with Crippen molar-refractivity contribution < 1.29 is 14.0 Å². The van der Waals surface area contributed by atoms with E-state index < -0.39 is 17.2 Å². The van der Waals surface area contributed by atoms with Gasteiger partial charge in [-0.05, 0) is 68.4 Å². The second kappa shape index (κ2) is 6.83. The number of benzene rings is 1. The molecule has 3 amide bonds. The Morgan fingerprint density at radius 1 is 1.11 bits per heavy atom. The van der Waals surface area contributed by atoms with Crippen LogP contribution in [-0.2, 0) is 11.3 Å². The van der Waals surface area contributed by atoms with E-state index in [0.717, 1.165) is 22.9 Å². The Morgan fingerprint density at radius 2 is 1.78 bits per heavy atom. The Hall–Kier alpha value is -2.63. The molecule has 1 aliphatic rings. The van der Waals surface area contributed by atoms with Crippen LogP contribution in [0.2, 0.25) is 0 Å². The number of nitrogens with zero attached hydrogens (tertiary/aromatic N) is 1. The van der Waals surface area contributed by atoms with E-state index in [1.807, 2.05) is 26.0 Å². The first-order valence-electron chi connectivity index (χ1n) is 9.29. The molecule has 1 aromatic heterocycles. The maximum atomic E-state index is 12.9. The number of urea groups is 1. The molecule has 27 heavy (non-hydrogen) atoms. The van der Waals surface area contributed by atoms with Crippen LogP contribution in [0.3, 0.4) is 0 Å². The minimum atomic E-state index is -0.900. The summed E-state index contributed by atoms with van der Waals surface area (Å²) >= 11 is 0. The predicted octanol–water partition coefficient (Wildman–Crippen LogP) is 3.66. The highest BCUT2D eigenvalue weighted by atomic mass is 16.4. The molecule has 3 rings (SSSR count). The van der Waals surface area contributed by atoms with Crippen LogP contribution in [0, 0.1) is 19.8 Å². The van der Waals surface area contributed by atoms with Crippen LogP contribution in [-0.4, -0.2) is 22.4 Å². The monoisotopic (exact) mass is 370 g/mol. The quantitative estimate of drug-likeness (QED) is 0.643. The van der Waals surface area contributed by atoms with Crippen molar-refractivity contribution in [2.75, 3.05) is 0 Å². The van der Waals surface area contributed by atoms with Crippen LogP contribution in [0.15, 0.2) is 27.4 Å². The van der Waals surface area contributed by atoms with Crippen LogP contribution >= 0.6 is 0 Å². The van der Waals surface area contributed by atoms with E-state index in [4.69, 9.17) is 4.42 Å². The summed E-state index contributed by atoms with van der Waals surface area (Å²) < 4.78 is 5.30. The molecule has 1 atom stereocenters.